The van der Waals surface area contributed by atoms with Gasteiger partial charge >= 0.3 is 5.97 Å². The fraction of sp³-hybridized carbons (Fsp3) is 0.643. The van der Waals surface area contributed by atoms with Crippen molar-refractivity contribution in [1.29, 1.82) is 0 Å². The summed E-state index contributed by atoms with van der Waals surface area (Å²) >= 11 is 0. The van der Waals surface area contributed by atoms with Crippen LogP contribution in [0, 0.1) is 0 Å². The zero-order chi connectivity index (χ0) is 15.1. The average molecular weight is 279 g/mol. The summed E-state index contributed by atoms with van der Waals surface area (Å²) in [6.45, 7) is 7.53. The lowest BCUT2D eigenvalue weighted by molar-refractivity contribution is -0.141. The van der Waals surface area contributed by atoms with Gasteiger partial charge in [-0.05, 0) is 40.5 Å². The number of amides is 1. The molecule has 0 saturated heterocycles. The van der Waals surface area contributed by atoms with E-state index >= 15 is 0 Å². The SMILES string of the molecule is CC(C(=O)O)N(C(=O)c1cnn(C(C)(C)C)c1)C1CC1. The number of hydrogen-bond donors (Lipinski definition) is 1. The molecule has 0 bridgehead atoms. The van der Waals surface area contributed by atoms with Crippen LogP contribution in [-0.4, -0.2) is 43.7 Å². The van der Waals surface area contributed by atoms with Crippen molar-refractivity contribution in [2.75, 3.05) is 0 Å². The largest absolute Gasteiger partial charge is 0.480 e. The summed E-state index contributed by atoms with van der Waals surface area (Å²) in [5.41, 5.74) is 0.237. The van der Waals surface area contributed by atoms with Gasteiger partial charge in [-0.1, -0.05) is 0 Å². The van der Waals surface area contributed by atoms with Gasteiger partial charge in [0.05, 0.1) is 17.3 Å². The molecule has 6 heteroatoms. The lowest BCUT2D eigenvalue weighted by Crippen LogP contribution is -2.44. The molecule has 2 rings (SSSR count). The lowest BCUT2D eigenvalue weighted by atomic mass is 10.1. The number of carboxylic acids is 1. The maximum Gasteiger partial charge on any atom is 0.326 e. The topological polar surface area (TPSA) is 75.4 Å². The molecule has 1 heterocycles. The Balaban J connectivity index is 2.24. The molecular weight excluding hydrogens is 258 g/mol. The van der Waals surface area contributed by atoms with Gasteiger partial charge in [0, 0.05) is 12.2 Å². The van der Waals surface area contributed by atoms with Crippen molar-refractivity contribution >= 4 is 11.9 Å². The van der Waals surface area contributed by atoms with Gasteiger partial charge in [0.15, 0.2) is 0 Å². The zero-order valence-corrected chi connectivity index (χ0v) is 12.3. The van der Waals surface area contributed by atoms with Crippen LogP contribution in [0.15, 0.2) is 12.4 Å². The van der Waals surface area contributed by atoms with Crippen molar-refractivity contribution in [3.8, 4) is 0 Å². The number of nitrogens with zero attached hydrogens (tertiary/aromatic N) is 3. The third kappa shape index (κ3) is 2.84. The third-order valence-corrected chi connectivity index (χ3v) is 3.47. The number of aliphatic carboxylic acids is 1. The number of carboxylic acid groups (broad SMARTS) is 1. The van der Waals surface area contributed by atoms with Gasteiger partial charge < -0.3 is 10.0 Å². The van der Waals surface area contributed by atoms with Gasteiger partial charge in [0.1, 0.15) is 6.04 Å². The molecule has 1 aromatic rings. The van der Waals surface area contributed by atoms with Crippen molar-refractivity contribution in [1.82, 2.24) is 14.7 Å². The maximum atomic E-state index is 12.5. The smallest absolute Gasteiger partial charge is 0.326 e. The monoisotopic (exact) mass is 279 g/mol. The molecule has 1 aromatic heterocycles. The van der Waals surface area contributed by atoms with E-state index in [9.17, 15) is 9.59 Å². The van der Waals surface area contributed by atoms with Crippen LogP contribution in [0.2, 0.25) is 0 Å². The number of carbonyl (C=O) groups is 2. The first-order valence-corrected chi connectivity index (χ1v) is 6.82. The van der Waals surface area contributed by atoms with Crippen LogP contribution in [0.5, 0.6) is 0 Å². The van der Waals surface area contributed by atoms with Gasteiger partial charge in [-0.2, -0.15) is 5.10 Å². The molecule has 110 valence electrons. The Kier molecular flexibility index (Phi) is 3.58. The number of aromatic nitrogens is 2. The molecule has 1 N–H and O–H groups in total. The molecule has 0 aromatic carbocycles. The van der Waals surface area contributed by atoms with Crippen molar-refractivity contribution in [2.45, 2.75) is 58.2 Å². The molecule has 1 fully saturated rings. The molecule has 1 atom stereocenters. The summed E-state index contributed by atoms with van der Waals surface area (Å²) < 4.78 is 1.72. The maximum absolute atomic E-state index is 12.5. The Morgan fingerprint density at radius 2 is 2.05 bits per heavy atom. The van der Waals surface area contributed by atoms with E-state index in [0.717, 1.165) is 12.8 Å². The summed E-state index contributed by atoms with van der Waals surface area (Å²) in [6, 6.07) is -0.764. The second-order valence-corrected chi connectivity index (χ2v) is 6.30. The highest BCUT2D eigenvalue weighted by Gasteiger charge is 2.39. The van der Waals surface area contributed by atoms with E-state index in [1.165, 1.54) is 11.1 Å². The highest BCUT2D eigenvalue weighted by atomic mass is 16.4. The predicted molar refractivity (Wildman–Crippen MR) is 73.5 cm³/mol. The molecule has 1 aliphatic rings. The van der Waals surface area contributed by atoms with Crippen molar-refractivity contribution < 1.29 is 14.7 Å². The Labute approximate surface area is 118 Å². The second kappa shape index (κ2) is 4.92. The van der Waals surface area contributed by atoms with Gasteiger partial charge in [-0.25, -0.2) is 4.79 Å². The molecule has 1 amide bonds. The summed E-state index contributed by atoms with van der Waals surface area (Å²) in [4.78, 5) is 25.1. The fourth-order valence-corrected chi connectivity index (χ4v) is 2.08. The first-order valence-electron chi connectivity index (χ1n) is 6.82. The summed E-state index contributed by atoms with van der Waals surface area (Å²) in [5.74, 6) is -1.23. The Morgan fingerprint density at radius 3 is 2.45 bits per heavy atom. The standard InChI is InChI=1S/C14H21N3O3/c1-9(13(19)20)17(11-5-6-11)12(18)10-7-15-16(8-10)14(2,3)4/h7-9,11H,5-6H2,1-4H3,(H,19,20). The molecule has 20 heavy (non-hydrogen) atoms. The fourth-order valence-electron chi connectivity index (χ4n) is 2.08. The van der Waals surface area contributed by atoms with Crippen LogP contribution in [0.3, 0.4) is 0 Å². The molecule has 6 nitrogen and oxygen atoms in total. The zero-order valence-electron chi connectivity index (χ0n) is 12.3. The number of carbonyl (C=O) groups excluding carboxylic acids is 1. The quantitative estimate of drug-likeness (QED) is 0.910. The third-order valence-electron chi connectivity index (χ3n) is 3.47. The van der Waals surface area contributed by atoms with Gasteiger partial charge in [0.2, 0.25) is 0 Å². The number of rotatable bonds is 4. The first-order chi connectivity index (χ1) is 9.21. The number of hydrogen-bond acceptors (Lipinski definition) is 3. The van der Waals surface area contributed by atoms with Crippen molar-refractivity contribution in [3.05, 3.63) is 18.0 Å². The first kappa shape index (κ1) is 14.6. The Bertz CT molecular complexity index is 526. The minimum absolute atomic E-state index is 0.0478. The Morgan fingerprint density at radius 1 is 1.45 bits per heavy atom. The predicted octanol–water partition coefficient (Wildman–Crippen LogP) is 1.72. The average Bonchev–Trinajstić information content (AvgIpc) is 3.03. The van der Waals surface area contributed by atoms with Crippen LogP contribution in [0.4, 0.5) is 0 Å². The second-order valence-electron chi connectivity index (χ2n) is 6.30. The van der Waals surface area contributed by atoms with E-state index < -0.39 is 12.0 Å². The van der Waals surface area contributed by atoms with Crippen LogP contribution in [-0.2, 0) is 10.3 Å². The molecular formula is C14H21N3O3. The van der Waals surface area contributed by atoms with Crippen LogP contribution < -0.4 is 0 Å². The van der Waals surface area contributed by atoms with Gasteiger partial charge in [-0.3, -0.25) is 9.48 Å². The molecule has 1 saturated carbocycles. The van der Waals surface area contributed by atoms with E-state index in [-0.39, 0.29) is 17.5 Å². The lowest BCUT2D eigenvalue weighted by Gasteiger charge is -2.26. The van der Waals surface area contributed by atoms with E-state index in [1.807, 2.05) is 20.8 Å². The van der Waals surface area contributed by atoms with Crippen molar-refractivity contribution in [3.63, 3.8) is 0 Å². The minimum atomic E-state index is -0.978. The van der Waals surface area contributed by atoms with Gasteiger partial charge in [0.25, 0.3) is 5.91 Å². The van der Waals surface area contributed by atoms with Crippen molar-refractivity contribution in [2.24, 2.45) is 0 Å². The molecule has 1 aliphatic carbocycles. The summed E-state index contributed by atoms with van der Waals surface area (Å²) in [5, 5.41) is 13.3. The summed E-state index contributed by atoms with van der Waals surface area (Å²) in [7, 11) is 0. The minimum Gasteiger partial charge on any atom is -0.480 e. The van der Waals surface area contributed by atoms with Gasteiger partial charge in [-0.15, -0.1) is 0 Å². The van der Waals surface area contributed by atoms with E-state index in [0.29, 0.717) is 5.56 Å². The highest BCUT2D eigenvalue weighted by molar-refractivity contribution is 5.96. The van der Waals surface area contributed by atoms with E-state index in [2.05, 4.69) is 5.10 Å². The van der Waals surface area contributed by atoms with Crippen LogP contribution in [0.25, 0.3) is 0 Å². The van der Waals surface area contributed by atoms with Crippen LogP contribution in [0.1, 0.15) is 50.9 Å². The molecule has 0 aliphatic heterocycles. The van der Waals surface area contributed by atoms with E-state index in [1.54, 1.807) is 17.8 Å². The highest BCUT2D eigenvalue weighted by Crippen LogP contribution is 2.30. The molecule has 0 radical (unpaired) electrons. The normalized spacial score (nSPS) is 16.8. The van der Waals surface area contributed by atoms with E-state index in [4.69, 9.17) is 5.11 Å². The van der Waals surface area contributed by atoms with Crippen LogP contribution >= 0.6 is 0 Å². The molecule has 0 spiro atoms. The summed E-state index contributed by atoms with van der Waals surface area (Å²) in [6.07, 6.45) is 4.94. The Hall–Kier alpha value is -1.85. The molecule has 1 unspecified atom stereocenters.